The van der Waals surface area contributed by atoms with Gasteiger partial charge in [0.25, 0.3) is 0 Å². The van der Waals surface area contributed by atoms with Gasteiger partial charge in [0.2, 0.25) is 0 Å². The van der Waals surface area contributed by atoms with E-state index in [0.717, 1.165) is 26.2 Å². The van der Waals surface area contributed by atoms with Gasteiger partial charge in [0.05, 0.1) is 19.0 Å². The van der Waals surface area contributed by atoms with Crippen molar-refractivity contribution < 1.29 is 9.53 Å². The lowest BCUT2D eigenvalue weighted by Crippen LogP contribution is -2.49. The van der Waals surface area contributed by atoms with Crippen molar-refractivity contribution >= 4 is 17.5 Å². The summed E-state index contributed by atoms with van der Waals surface area (Å²) in [7, 11) is 1.37. The number of piperazine rings is 1. The van der Waals surface area contributed by atoms with Crippen molar-refractivity contribution in [1.29, 1.82) is 0 Å². The molecule has 2 rings (SSSR count). The molecule has 6 heteroatoms. The smallest absolute Gasteiger partial charge is 0.341 e. The van der Waals surface area contributed by atoms with E-state index in [1.165, 1.54) is 7.11 Å². The van der Waals surface area contributed by atoms with Crippen LogP contribution in [0.15, 0.2) is 12.3 Å². The first kappa shape index (κ1) is 14.6. The summed E-state index contributed by atoms with van der Waals surface area (Å²) in [5.41, 5.74) is 6.62. The summed E-state index contributed by atoms with van der Waals surface area (Å²) in [4.78, 5) is 20.7. The van der Waals surface area contributed by atoms with Crippen LogP contribution in [0.2, 0.25) is 0 Å². The van der Waals surface area contributed by atoms with Crippen LogP contribution in [-0.4, -0.2) is 55.2 Å². The van der Waals surface area contributed by atoms with Crippen LogP contribution in [0.1, 0.15) is 24.2 Å². The lowest BCUT2D eigenvalue weighted by atomic mass is 10.2. The van der Waals surface area contributed by atoms with Crippen molar-refractivity contribution in [2.45, 2.75) is 19.9 Å². The van der Waals surface area contributed by atoms with E-state index >= 15 is 0 Å². The summed E-state index contributed by atoms with van der Waals surface area (Å²) in [5.74, 6) is 0.264. The van der Waals surface area contributed by atoms with Crippen molar-refractivity contribution in [3.8, 4) is 0 Å². The van der Waals surface area contributed by atoms with Gasteiger partial charge in [-0.15, -0.1) is 0 Å². The Morgan fingerprint density at radius 2 is 2.00 bits per heavy atom. The maximum atomic E-state index is 11.8. The third-order valence-electron chi connectivity index (χ3n) is 3.64. The Bertz CT molecular complexity index is 482. The standard InChI is InChI=1S/C14H22N4O2/c1-10(2)17-4-6-18(7-5-17)13-12(14(19)20-3)8-11(15)9-16-13/h8-10H,4-7,15H2,1-3H3. The monoisotopic (exact) mass is 278 g/mol. The third kappa shape index (κ3) is 3.01. The van der Waals surface area contributed by atoms with E-state index < -0.39 is 5.97 Å². The number of ether oxygens (including phenoxy) is 1. The van der Waals surface area contributed by atoms with Crippen LogP contribution in [-0.2, 0) is 4.74 Å². The molecule has 2 heterocycles. The van der Waals surface area contributed by atoms with E-state index in [1.807, 2.05) is 0 Å². The number of hydrogen-bond donors (Lipinski definition) is 1. The second-order valence-corrected chi connectivity index (χ2v) is 5.25. The maximum absolute atomic E-state index is 11.8. The number of methoxy groups -OCH3 is 1. The van der Waals surface area contributed by atoms with Gasteiger partial charge in [0, 0.05) is 32.2 Å². The van der Waals surface area contributed by atoms with Gasteiger partial charge in [0.15, 0.2) is 0 Å². The van der Waals surface area contributed by atoms with Gasteiger partial charge >= 0.3 is 5.97 Å². The number of pyridine rings is 1. The summed E-state index contributed by atoms with van der Waals surface area (Å²) < 4.78 is 4.81. The van der Waals surface area contributed by atoms with E-state index in [1.54, 1.807) is 12.3 Å². The molecule has 0 spiro atoms. The minimum atomic E-state index is -0.397. The number of rotatable bonds is 3. The van der Waals surface area contributed by atoms with E-state index in [2.05, 4.69) is 28.6 Å². The average molecular weight is 278 g/mol. The van der Waals surface area contributed by atoms with Crippen LogP contribution >= 0.6 is 0 Å². The molecule has 0 aromatic carbocycles. The number of anilines is 2. The quantitative estimate of drug-likeness (QED) is 0.831. The highest BCUT2D eigenvalue weighted by Crippen LogP contribution is 2.22. The van der Waals surface area contributed by atoms with E-state index in [4.69, 9.17) is 10.5 Å². The molecule has 1 aliphatic heterocycles. The van der Waals surface area contributed by atoms with Crippen LogP contribution in [0.25, 0.3) is 0 Å². The summed E-state index contributed by atoms with van der Waals surface area (Å²) in [6, 6.07) is 2.17. The molecule has 0 atom stereocenters. The van der Waals surface area contributed by atoms with Gasteiger partial charge in [-0.25, -0.2) is 9.78 Å². The molecule has 6 nitrogen and oxygen atoms in total. The van der Waals surface area contributed by atoms with Crippen LogP contribution in [0, 0.1) is 0 Å². The number of esters is 1. The molecule has 2 N–H and O–H groups in total. The molecule has 110 valence electrons. The van der Waals surface area contributed by atoms with E-state index in [9.17, 15) is 4.79 Å². The van der Waals surface area contributed by atoms with E-state index in [0.29, 0.717) is 23.1 Å². The van der Waals surface area contributed by atoms with Crippen LogP contribution < -0.4 is 10.6 Å². The molecule has 20 heavy (non-hydrogen) atoms. The largest absolute Gasteiger partial charge is 0.465 e. The van der Waals surface area contributed by atoms with Crippen molar-refractivity contribution in [1.82, 2.24) is 9.88 Å². The Balaban J connectivity index is 2.19. The third-order valence-corrected chi connectivity index (χ3v) is 3.64. The van der Waals surface area contributed by atoms with Gasteiger partial charge in [-0.1, -0.05) is 0 Å². The molecule has 1 aromatic rings. The molecule has 0 saturated carbocycles. The Hall–Kier alpha value is -1.82. The van der Waals surface area contributed by atoms with Crippen LogP contribution in [0.3, 0.4) is 0 Å². The number of carbonyl (C=O) groups excluding carboxylic acids is 1. The fourth-order valence-electron chi connectivity index (χ4n) is 2.44. The molecule has 0 unspecified atom stereocenters. The fourth-order valence-corrected chi connectivity index (χ4v) is 2.44. The zero-order valence-corrected chi connectivity index (χ0v) is 12.3. The highest BCUT2D eigenvalue weighted by Gasteiger charge is 2.24. The van der Waals surface area contributed by atoms with Crippen LogP contribution in [0.4, 0.5) is 11.5 Å². The number of nitrogens with two attached hydrogens (primary N) is 1. The van der Waals surface area contributed by atoms with Gasteiger partial charge < -0.3 is 15.4 Å². The Labute approximate surface area is 119 Å². The highest BCUT2D eigenvalue weighted by molar-refractivity contribution is 5.95. The minimum absolute atomic E-state index is 0.397. The molecule has 0 amide bonds. The summed E-state index contributed by atoms with van der Waals surface area (Å²) in [6.07, 6.45) is 1.58. The average Bonchev–Trinajstić information content (AvgIpc) is 2.46. The maximum Gasteiger partial charge on any atom is 0.341 e. The lowest BCUT2D eigenvalue weighted by Gasteiger charge is -2.37. The SMILES string of the molecule is COC(=O)c1cc(N)cnc1N1CCN(C(C)C)CC1. The van der Waals surface area contributed by atoms with Crippen molar-refractivity contribution in [3.63, 3.8) is 0 Å². The van der Waals surface area contributed by atoms with Gasteiger partial charge in [-0.2, -0.15) is 0 Å². The molecule has 0 radical (unpaired) electrons. The number of aromatic nitrogens is 1. The van der Waals surface area contributed by atoms with Gasteiger partial charge in [-0.3, -0.25) is 4.90 Å². The van der Waals surface area contributed by atoms with E-state index in [-0.39, 0.29) is 0 Å². The molecule has 0 aliphatic carbocycles. The molecule has 1 fully saturated rings. The summed E-state index contributed by atoms with van der Waals surface area (Å²) in [6.45, 7) is 8.00. The van der Waals surface area contributed by atoms with Gasteiger partial charge in [-0.05, 0) is 19.9 Å². The van der Waals surface area contributed by atoms with Gasteiger partial charge in [0.1, 0.15) is 11.4 Å². The molecular formula is C14H22N4O2. The highest BCUT2D eigenvalue weighted by atomic mass is 16.5. The predicted octanol–water partition coefficient (Wildman–Crippen LogP) is 0.981. The fraction of sp³-hybridized carbons (Fsp3) is 0.571. The number of nitrogens with zero attached hydrogens (tertiary/aromatic N) is 3. The Morgan fingerprint density at radius 3 is 2.55 bits per heavy atom. The zero-order valence-electron chi connectivity index (χ0n) is 12.3. The first-order valence-corrected chi connectivity index (χ1v) is 6.85. The number of nitrogen functional groups attached to an aromatic ring is 1. The second-order valence-electron chi connectivity index (χ2n) is 5.25. The minimum Gasteiger partial charge on any atom is -0.465 e. The second kappa shape index (κ2) is 6.09. The zero-order chi connectivity index (χ0) is 14.7. The first-order valence-electron chi connectivity index (χ1n) is 6.85. The molecular weight excluding hydrogens is 256 g/mol. The molecule has 1 saturated heterocycles. The number of hydrogen-bond acceptors (Lipinski definition) is 6. The van der Waals surface area contributed by atoms with Crippen molar-refractivity contribution in [2.24, 2.45) is 0 Å². The summed E-state index contributed by atoms with van der Waals surface area (Å²) >= 11 is 0. The molecule has 0 bridgehead atoms. The normalized spacial score (nSPS) is 16.5. The topological polar surface area (TPSA) is 71.7 Å². The predicted molar refractivity (Wildman–Crippen MR) is 78.9 cm³/mol. The van der Waals surface area contributed by atoms with Crippen LogP contribution in [0.5, 0.6) is 0 Å². The lowest BCUT2D eigenvalue weighted by molar-refractivity contribution is 0.0600. The molecule has 1 aromatic heterocycles. The summed E-state index contributed by atoms with van der Waals surface area (Å²) in [5, 5.41) is 0. The van der Waals surface area contributed by atoms with Crippen molar-refractivity contribution in [2.75, 3.05) is 43.9 Å². The van der Waals surface area contributed by atoms with Crippen molar-refractivity contribution in [3.05, 3.63) is 17.8 Å². The first-order chi connectivity index (χ1) is 9.52. The Kier molecular flexibility index (Phi) is 4.44. The molecule has 1 aliphatic rings. The Morgan fingerprint density at radius 1 is 1.35 bits per heavy atom. The number of carbonyl (C=O) groups is 1.